The lowest BCUT2D eigenvalue weighted by Gasteiger charge is -2.23. The number of aliphatic carboxylic acids is 1. The van der Waals surface area contributed by atoms with Crippen LogP contribution in [0.25, 0.3) is 0 Å². The Balaban J connectivity index is 2.54. The molecule has 0 aromatic carbocycles. The average molecular weight is 237 g/mol. The Morgan fingerprint density at radius 1 is 1.53 bits per heavy atom. The SMILES string of the molecule is CC(C)(C)CC(CNc1ccncn1)C(=O)O. The summed E-state index contributed by atoms with van der Waals surface area (Å²) in [5, 5.41) is 12.2. The molecule has 0 saturated heterocycles. The highest BCUT2D eigenvalue weighted by Crippen LogP contribution is 2.24. The van der Waals surface area contributed by atoms with Crippen molar-refractivity contribution in [2.75, 3.05) is 11.9 Å². The van der Waals surface area contributed by atoms with Gasteiger partial charge < -0.3 is 10.4 Å². The molecule has 0 spiro atoms. The second-order valence-electron chi connectivity index (χ2n) is 5.28. The summed E-state index contributed by atoms with van der Waals surface area (Å²) in [5.41, 5.74) is -0.00356. The molecule has 1 aromatic rings. The molecule has 0 aliphatic heterocycles. The Kier molecular flexibility index (Phi) is 4.43. The average Bonchev–Trinajstić information content (AvgIpc) is 2.24. The van der Waals surface area contributed by atoms with Gasteiger partial charge in [-0.05, 0) is 17.9 Å². The van der Waals surface area contributed by atoms with E-state index in [2.05, 4.69) is 15.3 Å². The molecule has 1 aromatic heterocycles. The van der Waals surface area contributed by atoms with E-state index in [4.69, 9.17) is 5.11 Å². The molecule has 0 fully saturated rings. The molecule has 17 heavy (non-hydrogen) atoms. The van der Waals surface area contributed by atoms with Gasteiger partial charge in [0.15, 0.2) is 0 Å². The first-order valence-corrected chi connectivity index (χ1v) is 5.61. The van der Waals surface area contributed by atoms with Crippen molar-refractivity contribution in [3.8, 4) is 0 Å². The number of anilines is 1. The molecule has 0 aliphatic carbocycles. The normalized spacial score (nSPS) is 13.1. The Labute approximate surface area is 101 Å². The molecule has 5 heteroatoms. The monoisotopic (exact) mass is 237 g/mol. The first-order valence-electron chi connectivity index (χ1n) is 5.61. The zero-order valence-electron chi connectivity index (χ0n) is 10.5. The fraction of sp³-hybridized carbons (Fsp3) is 0.583. The molecule has 0 aliphatic rings. The summed E-state index contributed by atoms with van der Waals surface area (Å²) < 4.78 is 0. The van der Waals surface area contributed by atoms with Gasteiger partial charge in [-0.2, -0.15) is 0 Å². The van der Waals surface area contributed by atoms with E-state index in [0.29, 0.717) is 18.8 Å². The molecular weight excluding hydrogens is 218 g/mol. The fourth-order valence-electron chi connectivity index (χ4n) is 1.61. The third kappa shape index (κ3) is 5.29. The van der Waals surface area contributed by atoms with Gasteiger partial charge in [0.1, 0.15) is 12.1 Å². The van der Waals surface area contributed by atoms with Crippen LogP contribution in [0.15, 0.2) is 18.6 Å². The number of carboxylic acids is 1. The third-order valence-electron chi connectivity index (χ3n) is 2.32. The molecule has 2 N–H and O–H groups in total. The van der Waals surface area contributed by atoms with Gasteiger partial charge in [-0.1, -0.05) is 20.8 Å². The Hall–Kier alpha value is -1.65. The zero-order valence-corrected chi connectivity index (χ0v) is 10.5. The molecule has 0 saturated carbocycles. The van der Waals surface area contributed by atoms with Crippen molar-refractivity contribution >= 4 is 11.8 Å². The van der Waals surface area contributed by atoms with Gasteiger partial charge in [0, 0.05) is 12.7 Å². The number of aromatic nitrogens is 2. The van der Waals surface area contributed by atoms with Crippen LogP contribution in [0.3, 0.4) is 0 Å². The number of rotatable bonds is 5. The van der Waals surface area contributed by atoms with E-state index in [-0.39, 0.29) is 5.41 Å². The van der Waals surface area contributed by atoms with Crippen molar-refractivity contribution in [2.45, 2.75) is 27.2 Å². The van der Waals surface area contributed by atoms with E-state index < -0.39 is 11.9 Å². The van der Waals surface area contributed by atoms with Gasteiger partial charge in [0.05, 0.1) is 5.92 Å². The van der Waals surface area contributed by atoms with Gasteiger partial charge in [-0.3, -0.25) is 4.79 Å². The van der Waals surface area contributed by atoms with Gasteiger partial charge in [0.2, 0.25) is 0 Å². The second kappa shape index (κ2) is 5.61. The van der Waals surface area contributed by atoms with Crippen LogP contribution < -0.4 is 5.32 Å². The first-order chi connectivity index (χ1) is 7.88. The number of carbonyl (C=O) groups is 1. The van der Waals surface area contributed by atoms with E-state index in [1.165, 1.54) is 6.33 Å². The van der Waals surface area contributed by atoms with Crippen LogP contribution in [-0.4, -0.2) is 27.6 Å². The molecule has 5 nitrogen and oxygen atoms in total. The molecule has 0 bridgehead atoms. The number of nitrogens with one attached hydrogen (secondary N) is 1. The first kappa shape index (κ1) is 13.4. The Morgan fingerprint density at radius 3 is 2.71 bits per heavy atom. The topological polar surface area (TPSA) is 75.1 Å². The molecule has 1 heterocycles. The van der Waals surface area contributed by atoms with Crippen LogP contribution in [0.2, 0.25) is 0 Å². The van der Waals surface area contributed by atoms with E-state index in [1.807, 2.05) is 20.8 Å². The van der Waals surface area contributed by atoms with E-state index in [0.717, 1.165) is 0 Å². The summed E-state index contributed by atoms with van der Waals surface area (Å²) in [6.45, 7) is 6.48. The third-order valence-corrected chi connectivity index (χ3v) is 2.32. The van der Waals surface area contributed by atoms with Crippen molar-refractivity contribution in [2.24, 2.45) is 11.3 Å². The van der Waals surface area contributed by atoms with Crippen LogP contribution in [0.5, 0.6) is 0 Å². The highest BCUT2D eigenvalue weighted by Gasteiger charge is 2.24. The van der Waals surface area contributed by atoms with Crippen molar-refractivity contribution in [3.63, 3.8) is 0 Å². The summed E-state index contributed by atoms with van der Waals surface area (Å²) in [6, 6.07) is 1.72. The van der Waals surface area contributed by atoms with Crippen LogP contribution >= 0.6 is 0 Å². The van der Waals surface area contributed by atoms with Crippen molar-refractivity contribution in [1.29, 1.82) is 0 Å². The van der Waals surface area contributed by atoms with Crippen molar-refractivity contribution < 1.29 is 9.90 Å². The maximum absolute atomic E-state index is 11.1. The predicted molar refractivity (Wildman–Crippen MR) is 65.7 cm³/mol. The predicted octanol–water partition coefficient (Wildman–Crippen LogP) is 2.03. The lowest BCUT2D eigenvalue weighted by Crippen LogP contribution is -2.27. The van der Waals surface area contributed by atoms with Gasteiger partial charge >= 0.3 is 5.97 Å². The minimum Gasteiger partial charge on any atom is -0.481 e. The molecular formula is C12H19N3O2. The van der Waals surface area contributed by atoms with Gasteiger partial charge in [0.25, 0.3) is 0 Å². The Morgan fingerprint density at radius 2 is 2.24 bits per heavy atom. The van der Waals surface area contributed by atoms with Crippen LogP contribution in [0.4, 0.5) is 5.82 Å². The number of hydrogen-bond acceptors (Lipinski definition) is 4. The highest BCUT2D eigenvalue weighted by atomic mass is 16.4. The van der Waals surface area contributed by atoms with Gasteiger partial charge in [-0.25, -0.2) is 9.97 Å². The summed E-state index contributed by atoms with van der Waals surface area (Å²) in [6.07, 6.45) is 3.68. The summed E-state index contributed by atoms with van der Waals surface area (Å²) >= 11 is 0. The molecule has 94 valence electrons. The largest absolute Gasteiger partial charge is 0.481 e. The number of nitrogens with zero attached hydrogens (tertiary/aromatic N) is 2. The fourth-order valence-corrected chi connectivity index (χ4v) is 1.61. The molecule has 1 unspecified atom stereocenters. The summed E-state index contributed by atoms with van der Waals surface area (Å²) in [4.78, 5) is 18.9. The van der Waals surface area contributed by atoms with Crippen LogP contribution in [-0.2, 0) is 4.79 Å². The van der Waals surface area contributed by atoms with E-state index >= 15 is 0 Å². The highest BCUT2D eigenvalue weighted by molar-refractivity contribution is 5.70. The van der Waals surface area contributed by atoms with Crippen molar-refractivity contribution in [3.05, 3.63) is 18.6 Å². The molecule has 1 rings (SSSR count). The molecule has 0 amide bonds. The van der Waals surface area contributed by atoms with Gasteiger partial charge in [-0.15, -0.1) is 0 Å². The maximum atomic E-state index is 11.1. The zero-order chi connectivity index (χ0) is 12.9. The standard InChI is InChI=1S/C12H19N3O2/c1-12(2,3)6-9(11(16)17)7-14-10-4-5-13-8-15-10/h4-5,8-9H,6-7H2,1-3H3,(H,16,17)(H,13,14,15). The molecule has 0 radical (unpaired) electrons. The number of carboxylic acid groups (broad SMARTS) is 1. The summed E-state index contributed by atoms with van der Waals surface area (Å²) in [7, 11) is 0. The summed E-state index contributed by atoms with van der Waals surface area (Å²) in [5.74, 6) is -0.536. The minimum atomic E-state index is -0.776. The number of hydrogen-bond donors (Lipinski definition) is 2. The van der Waals surface area contributed by atoms with Crippen molar-refractivity contribution in [1.82, 2.24) is 9.97 Å². The lowest BCUT2D eigenvalue weighted by molar-refractivity contribution is -0.142. The minimum absolute atomic E-state index is 0.00356. The van der Waals surface area contributed by atoms with Crippen LogP contribution in [0.1, 0.15) is 27.2 Å². The van der Waals surface area contributed by atoms with E-state index in [9.17, 15) is 4.79 Å². The lowest BCUT2D eigenvalue weighted by atomic mass is 9.84. The van der Waals surface area contributed by atoms with E-state index in [1.54, 1.807) is 12.3 Å². The van der Waals surface area contributed by atoms with Crippen LogP contribution in [0, 0.1) is 11.3 Å². The quantitative estimate of drug-likeness (QED) is 0.819. The smallest absolute Gasteiger partial charge is 0.308 e. The Bertz CT molecular complexity index is 360. The maximum Gasteiger partial charge on any atom is 0.308 e. The second-order valence-corrected chi connectivity index (χ2v) is 5.28. The molecule has 1 atom stereocenters.